The first-order valence-corrected chi connectivity index (χ1v) is 5.01. The van der Waals surface area contributed by atoms with Crippen molar-refractivity contribution in [1.29, 1.82) is 0 Å². The van der Waals surface area contributed by atoms with Crippen molar-refractivity contribution in [2.45, 2.75) is 25.4 Å². The molecule has 0 unspecified atom stereocenters. The number of carbonyl (C=O) groups excluding carboxylic acids is 1. The first kappa shape index (κ1) is 12.6. The predicted molar refractivity (Wildman–Crippen MR) is 55.4 cm³/mol. The number of hydrogen-bond acceptors (Lipinski definition) is 5. The summed E-state index contributed by atoms with van der Waals surface area (Å²) < 4.78 is 1.37. The Balaban J connectivity index is 2.55. The van der Waals surface area contributed by atoms with Crippen LogP contribution in [0.4, 0.5) is 0 Å². The van der Waals surface area contributed by atoms with Crippen LogP contribution in [-0.2, 0) is 11.3 Å². The Morgan fingerprint density at radius 3 is 2.62 bits per heavy atom. The number of rotatable bonds is 6. The SMILES string of the molecule is CCC(CO)(CO)NC(=O)Cn1cncn1. The van der Waals surface area contributed by atoms with Crippen LogP contribution in [0.1, 0.15) is 13.3 Å². The molecule has 1 aromatic heterocycles. The topological polar surface area (TPSA) is 100 Å². The molecule has 0 fully saturated rings. The van der Waals surface area contributed by atoms with Crippen LogP contribution in [0.25, 0.3) is 0 Å². The van der Waals surface area contributed by atoms with Crippen LogP contribution in [0.15, 0.2) is 12.7 Å². The Hall–Kier alpha value is -1.47. The maximum atomic E-state index is 11.6. The smallest absolute Gasteiger partial charge is 0.242 e. The maximum absolute atomic E-state index is 11.6. The van der Waals surface area contributed by atoms with Crippen LogP contribution in [0.3, 0.4) is 0 Å². The molecular weight excluding hydrogens is 212 g/mol. The quantitative estimate of drug-likeness (QED) is 0.552. The van der Waals surface area contributed by atoms with Gasteiger partial charge >= 0.3 is 0 Å². The van der Waals surface area contributed by atoms with Crippen LogP contribution in [0.5, 0.6) is 0 Å². The van der Waals surface area contributed by atoms with Gasteiger partial charge in [0, 0.05) is 0 Å². The number of carbonyl (C=O) groups is 1. The molecule has 0 radical (unpaired) electrons. The van der Waals surface area contributed by atoms with Gasteiger partial charge < -0.3 is 15.5 Å². The van der Waals surface area contributed by atoms with Crippen LogP contribution >= 0.6 is 0 Å². The molecule has 0 bridgehead atoms. The highest BCUT2D eigenvalue weighted by atomic mass is 16.3. The van der Waals surface area contributed by atoms with E-state index in [2.05, 4.69) is 15.4 Å². The fraction of sp³-hybridized carbons (Fsp3) is 0.667. The van der Waals surface area contributed by atoms with Gasteiger partial charge in [-0.1, -0.05) is 6.92 Å². The van der Waals surface area contributed by atoms with Gasteiger partial charge in [0.25, 0.3) is 0 Å². The van der Waals surface area contributed by atoms with Gasteiger partial charge in [0.05, 0.1) is 18.8 Å². The molecule has 1 aromatic rings. The maximum Gasteiger partial charge on any atom is 0.242 e. The highest BCUT2D eigenvalue weighted by Crippen LogP contribution is 2.07. The standard InChI is InChI=1S/C9H16N4O3/c1-2-9(4-14,5-15)12-8(16)3-13-7-10-6-11-13/h6-7,14-15H,2-5H2,1H3,(H,12,16). The summed E-state index contributed by atoms with van der Waals surface area (Å²) in [5, 5.41) is 24.7. The summed E-state index contributed by atoms with van der Waals surface area (Å²) in [6.07, 6.45) is 3.20. The summed E-state index contributed by atoms with van der Waals surface area (Å²) >= 11 is 0. The van der Waals surface area contributed by atoms with Crippen LogP contribution in [0, 0.1) is 0 Å². The minimum Gasteiger partial charge on any atom is -0.394 e. The molecule has 3 N–H and O–H groups in total. The van der Waals surface area contributed by atoms with E-state index >= 15 is 0 Å². The highest BCUT2D eigenvalue weighted by molar-refractivity contribution is 5.76. The fourth-order valence-corrected chi connectivity index (χ4v) is 1.24. The zero-order valence-corrected chi connectivity index (χ0v) is 9.13. The number of hydrogen-bond donors (Lipinski definition) is 3. The number of aliphatic hydroxyl groups excluding tert-OH is 2. The molecule has 7 heteroatoms. The largest absolute Gasteiger partial charge is 0.394 e. The molecule has 1 heterocycles. The van der Waals surface area contributed by atoms with Crippen molar-refractivity contribution in [3.8, 4) is 0 Å². The van der Waals surface area contributed by atoms with Gasteiger partial charge in [0.1, 0.15) is 19.2 Å². The van der Waals surface area contributed by atoms with Crippen molar-refractivity contribution in [3.05, 3.63) is 12.7 Å². The monoisotopic (exact) mass is 228 g/mol. The second-order valence-electron chi connectivity index (χ2n) is 3.59. The Morgan fingerprint density at radius 2 is 2.19 bits per heavy atom. The average molecular weight is 228 g/mol. The van der Waals surface area contributed by atoms with E-state index in [1.54, 1.807) is 6.92 Å². The summed E-state index contributed by atoms with van der Waals surface area (Å²) in [4.78, 5) is 15.3. The van der Waals surface area contributed by atoms with E-state index < -0.39 is 5.54 Å². The van der Waals surface area contributed by atoms with Gasteiger partial charge in [-0.15, -0.1) is 0 Å². The van der Waals surface area contributed by atoms with Gasteiger partial charge in [-0.3, -0.25) is 4.79 Å². The molecule has 0 spiro atoms. The molecule has 0 saturated carbocycles. The van der Waals surface area contributed by atoms with Crippen molar-refractivity contribution >= 4 is 5.91 Å². The zero-order chi connectivity index (χ0) is 12.0. The summed E-state index contributed by atoms with van der Waals surface area (Å²) in [7, 11) is 0. The van der Waals surface area contributed by atoms with Gasteiger partial charge in [-0.05, 0) is 6.42 Å². The molecule has 0 aliphatic rings. The highest BCUT2D eigenvalue weighted by Gasteiger charge is 2.28. The van der Waals surface area contributed by atoms with Gasteiger partial charge in [-0.25, -0.2) is 9.67 Å². The molecule has 0 aliphatic carbocycles. The average Bonchev–Trinajstić information content (AvgIpc) is 2.79. The van der Waals surface area contributed by atoms with E-state index in [9.17, 15) is 4.79 Å². The number of amides is 1. The number of aromatic nitrogens is 3. The molecule has 16 heavy (non-hydrogen) atoms. The lowest BCUT2D eigenvalue weighted by Crippen LogP contribution is -2.54. The second-order valence-corrected chi connectivity index (χ2v) is 3.59. The Kier molecular flexibility index (Phi) is 4.39. The minimum atomic E-state index is -0.961. The lowest BCUT2D eigenvalue weighted by atomic mass is 9.98. The Labute approximate surface area is 93.1 Å². The lowest BCUT2D eigenvalue weighted by molar-refractivity contribution is -0.125. The Morgan fingerprint density at radius 1 is 1.50 bits per heavy atom. The molecule has 7 nitrogen and oxygen atoms in total. The Bertz CT molecular complexity index is 313. The summed E-state index contributed by atoms with van der Waals surface area (Å²) in [5.74, 6) is -0.324. The number of nitrogens with one attached hydrogen (secondary N) is 1. The molecule has 1 rings (SSSR count). The van der Waals surface area contributed by atoms with Crippen molar-refractivity contribution in [2.75, 3.05) is 13.2 Å². The van der Waals surface area contributed by atoms with E-state index in [4.69, 9.17) is 10.2 Å². The van der Waals surface area contributed by atoms with Crippen LogP contribution in [-0.4, -0.2) is 49.6 Å². The van der Waals surface area contributed by atoms with E-state index in [1.807, 2.05) is 0 Å². The molecular formula is C9H16N4O3. The van der Waals surface area contributed by atoms with E-state index in [0.717, 1.165) is 0 Å². The lowest BCUT2D eigenvalue weighted by Gasteiger charge is -2.29. The third kappa shape index (κ3) is 3.01. The molecule has 0 aromatic carbocycles. The van der Waals surface area contributed by atoms with Crippen molar-refractivity contribution in [2.24, 2.45) is 0 Å². The first-order valence-electron chi connectivity index (χ1n) is 5.01. The molecule has 90 valence electrons. The summed E-state index contributed by atoms with van der Waals surface area (Å²) in [6, 6.07) is 0. The van der Waals surface area contributed by atoms with Crippen molar-refractivity contribution in [1.82, 2.24) is 20.1 Å². The predicted octanol–water partition coefficient (Wildman–Crippen LogP) is -1.47. The van der Waals surface area contributed by atoms with Gasteiger partial charge in [-0.2, -0.15) is 5.10 Å². The first-order chi connectivity index (χ1) is 7.65. The number of nitrogens with zero attached hydrogens (tertiary/aromatic N) is 3. The molecule has 0 saturated heterocycles. The van der Waals surface area contributed by atoms with Crippen LogP contribution in [0.2, 0.25) is 0 Å². The third-order valence-corrected chi connectivity index (χ3v) is 2.46. The molecule has 1 amide bonds. The van der Waals surface area contributed by atoms with Gasteiger partial charge in [0.2, 0.25) is 5.91 Å². The number of aliphatic hydroxyl groups is 2. The third-order valence-electron chi connectivity index (χ3n) is 2.46. The minimum absolute atomic E-state index is 0.0156. The van der Waals surface area contributed by atoms with Crippen molar-refractivity contribution < 1.29 is 15.0 Å². The van der Waals surface area contributed by atoms with E-state index in [0.29, 0.717) is 6.42 Å². The van der Waals surface area contributed by atoms with Crippen LogP contribution < -0.4 is 5.32 Å². The summed E-state index contributed by atoms with van der Waals surface area (Å²) in [5.41, 5.74) is -0.961. The zero-order valence-electron chi connectivity index (χ0n) is 9.13. The van der Waals surface area contributed by atoms with E-state index in [-0.39, 0.29) is 25.7 Å². The van der Waals surface area contributed by atoms with E-state index in [1.165, 1.54) is 17.3 Å². The molecule has 0 atom stereocenters. The fourth-order valence-electron chi connectivity index (χ4n) is 1.24. The second kappa shape index (κ2) is 5.57. The molecule has 0 aliphatic heterocycles. The van der Waals surface area contributed by atoms with Gasteiger partial charge in [0.15, 0.2) is 0 Å². The normalized spacial score (nSPS) is 11.4. The summed E-state index contributed by atoms with van der Waals surface area (Å²) in [6.45, 7) is 1.19. The van der Waals surface area contributed by atoms with Crippen molar-refractivity contribution in [3.63, 3.8) is 0 Å².